The van der Waals surface area contributed by atoms with Crippen LogP contribution in [0.3, 0.4) is 0 Å². The molecule has 2 aliphatic heterocycles. The third-order valence-electron chi connectivity index (χ3n) is 7.65. The molecular formula is C30H23NO7. The molecule has 0 aromatic heterocycles. The van der Waals surface area contributed by atoms with Crippen LogP contribution in [0, 0.1) is 18.8 Å². The van der Waals surface area contributed by atoms with Gasteiger partial charge in [-0.1, -0.05) is 48.5 Å². The maximum absolute atomic E-state index is 14.0. The van der Waals surface area contributed by atoms with E-state index in [-0.39, 0.29) is 29.0 Å². The molecule has 3 aromatic carbocycles. The van der Waals surface area contributed by atoms with Crippen LogP contribution in [0.15, 0.2) is 72.8 Å². The molecule has 6 rings (SSSR count). The zero-order valence-corrected chi connectivity index (χ0v) is 20.7. The number of anilines is 1. The second kappa shape index (κ2) is 8.56. The van der Waals surface area contributed by atoms with Gasteiger partial charge in [0.25, 0.3) is 0 Å². The van der Waals surface area contributed by atoms with Gasteiger partial charge in [-0.2, -0.15) is 0 Å². The lowest BCUT2D eigenvalue weighted by atomic mass is 9.77. The van der Waals surface area contributed by atoms with Crippen LogP contribution in [0.2, 0.25) is 0 Å². The Bertz CT molecular complexity index is 1510. The minimum atomic E-state index is -2.13. The van der Waals surface area contributed by atoms with Gasteiger partial charge in [-0.3, -0.25) is 19.2 Å². The number of aryl methyl sites for hydroxylation is 1. The van der Waals surface area contributed by atoms with Crippen LogP contribution in [-0.4, -0.2) is 41.6 Å². The molecule has 2 fully saturated rings. The Kier molecular flexibility index (Phi) is 5.39. The molecule has 3 atom stereocenters. The molecule has 190 valence electrons. The van der Waals surface area contributed by atoms with Crippen LogP contribution < -0.4 is 4.90 Å². The van der Waals surface area contributed by atoms with Crippen molar-refractivity contribution in [3.63, 3.8) is 0 Å². The first-order valence-electron chi connectivity index (χ1n) is 12.4. The van der Waals surface area contributed by atoms with Crippen molar-refractivity contribution >= 4 is 35.0 Å². The molecule has 2 heterocycles. The average Bonchev–Trinajstić information content (AvgIpc) is 3.49. The second-order valence-corrected chi connectivity index (χ2v) is 9.62. The van der Waals surface area contributed by atoms with E-state index in [4.69, 9.17) is 9.47 Å². The minimum Gasteiger partial charge on any atom is -0.462 e. The number of esters is 1. The van der Waals surface area contributed by atoms with Crippen LogP contribution in [0.4, 0.5) is 5.69 Å². The Balaban J connectivity index is 1.48. The van der Waals surface area contributed by atoms with E-state index >= 15 is 0 Å². The Morgan fingerprint density at radius 2 is 1.47 bits per heavy atom. The Morgan fingerprint density at radius 1 is 0.868 bits per heavy atom. The topological polar surface area (TPSA) is 107 Å². The van der Waals surface area contributed by atoms with Gasteiger partial charge in [0.2, 0.25) is 29.0 Å². The third-order valence-corrected chi connectivity index (χ3v) is 7.65. The molecule has 8 nitrogen and oxygen atoms in total. The number of hydrogen-bond acceptors (Lipinski definition) is 7. The maximum Gasteiger partial charge on any atom is 0.338 e. The number of imide groups is 1. The predicted octanol–water partition coefficient (Wildman–Crippen LogP) is 3.87. The highest BCUT2D eigenvalue weighted by Gasteiger charge is 2.74. The van der Waals surface area contributed by atoms with E-state index in [2.05, 4.69) is 0 Å². The van der Waals surface area contributed by atoms with E-state index in [1.807, 2.05) is 19.1 Å². The summed E-state index contributed by atoms with van der Waals surface area (Å²) in [6.07, 6.45) is -0.983. The number of ketones is 2. The summed E-state index contributed by atoms with van der Waals surface area (Å²) in [4.78, 5) is 68.7. The molecule has 2 amide bonds. The second-order valence-electron chi connectivity index (χ2n) is 9.62. The molecule has 3 aromatic rings. The lowest BCUT2D eigenvalue weighted by Gasteiger charge is -2.27. The summed E-state index contributed by atoms with van der Waals surface area (Å²) in [5.74, 6) is -5.41. The number of benzene rings is 3. The first-order valence-corrected chi connectivity index (χ1v) is 12.4. The molecule has 1 aliphatic carbocycles. The highest BCUT2D eigenvalue weighted by molar-refractivity contribution is 6.37. The lowest BCUT2D eigenvalue weighted by molar-refractivity contribution is -0.127. The number of nitrogens with zero attached hydrogens (tertiary/aromatic N) is 1. The smallest absolute Gasteiger partial charge is 0.338 e. The van der Waals surface area contributed by atoms with Gasteiger partial charge < -0.3 is 9.47 Å². The molecule has 3 aliphatic rings. The minimum absolute atomic E-state index is 0.180. The van der Waals surface area contributed by atoms with E-state index < -0.39 is 52.9 Å². The van der Waals surface area contributed by atoms with Crippen LogP contribution in [-0.2, 0) is 19.1 Å². The van der Waals surface area contributed by atoms with Crippen molar-refractivity contribution in [2.24, 2.45) is 11.8 Å². The number of hydrogen-bond donors (Lipinski definition) is 0. The van der Waals surface area contributed by atoms with Crippen LogP contribution in [0.1, 0.15) is 55.2 Å². The SMILES string of the molecule is CCOC(=O)c1ccc(N2C(=O)[C@@H]3[C@H](c4ccccc4C)OC4(C(=O)c5ccccc5C4=O)[C@H]3C2=O)cc1. The van der Waals surface area contributed by atoms with Gasteiger partial charge >= 0.3 is 5.97 Å². The average molecular weight is 510 g/mol. The molecule has 8 heteroatoms. The first-order chi connectivity index (χ1) is 18.3. The fourth-order valence-corrected chi connectivity index (χ4v) is 5.92. The van der Waals surface area contributed by atoms with E-state index in [1.165, 1.54) is 36.4 Å². The quantitative estimate of drug-likeness (QED) is 0.299. The molecular weight excluding hydrogens is 486 g/mol. The number of ether oxygens (including phenoxy) is 2. The predicted molar refractivity (Wildman–Crippen MR) is 135 cm³/mol. The number of rotatable bonds is 4. The first kappa shape index (κ1) is 23.9. The number of fused-ring (bicyclic) bond motifs is 3. The van der Waals surface area contributed by atoms with Crippen LogP contribution in [0.5, 0.6) is 0 Å². The van der Waals surface area contributed by atoms with Gasteiger partial charge in [-0.15, -0.1) is 0 Å². The third kappa shape index (κ3) is 3.10. The van der Waals surface area contributed by atoms with Gasteiger partial charge in [0, 0.05) is 11.1 Å². The van der Waals surface area contributed by atoms with Crippen molar-refractivity contribution in [2.75, 3.05) is 11.5 Å². The van der Waals surface area contributed by atoms with Gasteiger partial charge in [0.1, 0.15) is 0 Å². The van der Waals surface area contributed by atoms with Crippen molar-refractivity contribution in [2.45, 2.75) is 25.6 Å². The van der Waals surface area contributed by atoms with Gasteiger partial charge in [0.05, 0.1) is 35.8 Å². The van der Waals surface area contributed by atoms with Crippen molar-refractivity contribution in [1.82, 2.24) is 0 Å². The highest BCUT2D eigenvalue weighted by atomic mass is 16.5. The standard InChI is InChI=1S/C30H23NO7/c1-3-37-29(36)17-12-14-18(15-13-17)31-27(34)22-23(28(31)35)30(38-24(22)19-9-5-4-8-16(19)2)25(32)20-10-6-7-11-21(20)26(30)33/h4-15,22-24H,3H2,1-2H3/t22-,23+,24-/m0/s1. The Hall–Kier alpha value is -4.43. The molecule has 1 spiro atoms. The maximum atomic E-state index is 14.0. The molecule has 0 N–H and O–H groups in total. The van der Waals surface area contributed by atoms with Gasteiger partial charge in [-0.05, 0) is 49.2 Å². The summed E-state index contributed by atoms with van der Waals surface area (Å²) in [6.45, 7) is 3.75. The van der Waals surface area contributed by atoms with E-state index in [9.17, 15) is 24.0 Å². The van der Waals surface area contributed by atoms with Crippen molar-refractivity contribution in [3.8, 4) is 0 Å². The summed E-state index contributed by atoms with van der Waals surface area (Å²) in [5, 5.41) is 0. The monoisotopic (exact) mass is 509 g/mol. The normalized spacial score (nSPS) is 23.2. The fraction of sp³-hybridized carbons (Fsp3) is 0.233. The Labute approximate surface area is 218 Å². The molecule has 2 saturated heterocycles. The van der Waals surface area contributed by atoms with Crippen LogP contribution >= 0.6 is 0 Å². The van der Waals surface area contributed by atoms with Gasteiger partial charge in [-0.25, -0.2) is 9.69 Å². The molecule has 0 radical (unpaired) electrons. The number of carbonyl (C=O) groups excluding carboxylic acids is 5. The molecule has 0 bridgehead atoms. The fourth-order valence-electron chi connectivity index (χ4n) is 5.92. The molecule has 38 heavy (non-hydrogen) atoms. The summed E-state index contributed by atoms with van der Waals surface area (Å²) >= 11 is 0. The van der Waals surface area contributed by atoms with Crippen molar-refractivity contribution in [1.29, 1.82) is 0 Å². The number of Topliss-reactive ketones (excluding diaryl/α,β-unsaturated/α-hetero) is 2. The summed E-state index contributed by atoms with van der Waals surface area (Å²) in [6, 6.07) is 19.5. The van der Waals surface area contributed by atoms with Gasteiger partial charge in [0.15, 0.2) is 0 Å². The highest BCUT2D eigenvalue weighted by Crippen LogP contribution is 2.58. The summed E-state index contributed by atoms with van der Waals surface area (Å²) in [5.41, 5.74) is 0.171. The molecule has 0 saturated carbocycles. The van der Waals surface area contributed by atoms with E-state index in [0.29, 0.717) is 5.56 Å². The number of amides is 2. The lowest BCUT2D eigenvalue weighted by Crippen LogP contribution is -2.51. The van der Waals surface area contributed by atoms with Crippen molar-refractivity contribution in [3.05, 3.63) is 101 Å². The van der Waals surface area contributed by atoms with Crippen LogP contribution in [0.25, 0.3) is 0 Å². The Morgan fingerprint density at radius 3 is 2.08 bits per heavy atom. The summed E-state index contributed by atoms with van der Waals surface area (Å²) < 4.78 is 11.3. The zero-order valence-electron chi connectivity index (χ0n) is 20.7. The number of carbonyl (C=O) groups is 5. The van der Waals surface area contributed by atoms with E-state index in [0.717, 1.165) is 10.5 Å². The van der Waals surface area contributed by atoms with E-state index in [1.54, 1.807) is 31.2 Å². The molecule has 0 unspecified atom stereocenters. The summed E-state index contributed by atoms with van der Waals surface area (Å²) in [7, 11) is 0. The van der Waals surface area contributed by atoms with Crippen molar-refractivity contribution < 1.29 is 33.4 Å². The largest absolute Gasteiger partial charge is 0.462 e. The zero-order chi connectivity index (χ0) is 26.8.